The molecule has 1 aliphatic carbocycles. The van der Waals surface area contributed by atoms with E-state index in [0.29, 0.717) is 6.54 Å². The molecule has 6 heteroatoms. The lowest BCUT2D eigenvalue weighted by Crippen LogP contribution is -2.31. The highest BCUT2D eigenvalue weighted by Gasteiger charge is 2.30. The number of rotatable bonds is 4. The second-order valence-corrected chi connectivity index (χ2v) is 5.24. The minimum Gasteiger partial charge on any atom is -0.406 e. The van der Waals surface area contributed by atoms with Crippen molar-refractivity contribution in [1.82, 2.24) is 5.32 Å². The summed E-state index contributed by atoms with van der Waals surface area (Å²) in [7, 11) is 0. The van der Waals surface area contributed by atoms with Gasteiger partial charge in [0, 0.05) is 12.5 Å². The molecule has 1 aliphatic rings. The quantitative estimate of drug-likeness (QED) is 0.919. The summed E-state index contributed by atoms with van der Waals surface area (Å²) in [6.45, 7) is 0.321. The van der Waals surface area contributed by atoms with Crippen molar-refractivity contribution >= 4 is 5.91 Å². The van der Waals surface area contributed by atoms with Crippen LogP contribution in [0.3, 0.4) is 0 Å². The third-order valence-electron chi connectivity index (χ3n) is 3.60. The summed E-state index contributed by atoms with van der Waals surface area (Å²) in [4.78, 5) is 11.9. The molecule has 1 aromatic rings. The van der Waals surface area contributed by atoms with Crippen molar-refractivity contribution in [2.75, 3.05) is 0 Å². The molecule has 0 heterocycles. The van der Waals surface area contributed by atoms with E-state index in [-0.39, 0.29) is 17.6 Å². The summed E-state index contributed by atoms with van der Waals surface area (Å²) < 4.78 is 39.9. The van der Waals surface area contributed by atoms with Crippen LogP contribution in [-0.4, -0.2) is 12.3 Å². The summed E-state index contributed by atoms with van der Waals surface area (Å²) in [5.41, 5.74) is 0.744. The Morgan fingerprint density at radius 1 is 1.14 bits per heavy atom. The number of ether oxygens (including phenoxy) is 1. The maximum atomic E-state index is 12.0. The van der Waals surface area contributed by atoms with Gasteiger partial charge in [0.25, 0.3) is 0 Å². The van der Waals surface area contributed by atoms with E-state index in [9.17, 15) is 18.0 Å². The van der Waals surface area contributed by atoms with Crippen molar-refractivity contribution in [2.45, 2.75) is 45.0 Å². The van der Waals surface area contributed by atoms with Crippen LogP contribution in [0, 0.1) is 5.92 Å². The summed E-state index contributed by atoms with van der Waals surface area (Å²) in [6, 6.07) is 5.52. The molecule has 1 fully saturated rings. The number of halogens is 3. The zero-order chi connectivity index (χ0) is 15.3. The fourth-order valence-electron chi connectivity index (χ4n) is 2.51. The second kappa shape index (κ2) is 6.83. The Hall–Kier alpha value is -1.72. The lowest BCUT2D eigenvalue weighted by Gasteiger charge is -2.20. The number of hydrogen-bond acceptors (Lipinski definition) is 2. The standard InChI is InChI=1S/C15H18F3NO2/c16-15(17,18)21-13-8-6-11(7-9-13)10-19-14(20)12-4-2-1-3-5-12/h6-9,12H,1-5,10H2,(H,19,20). The van der Waals surface area contributed by atoms with Gasteiger partial charge in [0.15, 0.2) is 0 Å². The van der Waals surface area contributed by atoms with E-state index in [1.807, 2.05) is 0 Å². The van der Waals surface area contributed by atoms with Crippen molar-refractivity contribution < 1.29 is 22.7 Å². The molecule has 0 aliphatic heterocycles. The average molecular weight is 301 g/mol. The van der Waals surface area contributed by atoms with Crippen LogP contribution in [0.2, 0.25) is 0 Å². The average Bonchev–Trinajstić information content (AvgIpc) is 2.45. The molecule has 0 spiro atoms. The Morgan fingerprint density at radius 2 is 1.76 bits per heavy atom. The summed E-state index contributed by atoms with van der Waals surface area (Å²) >= 11 is 0. The molecule has 0 saturated heterocycles. The van der Waals surface area contributed by atoms with Crippen molar-refractivity contribution in [3.63, 3.8) is 0 Å². The van der Waals surface area contributed by atoms with E-state index in [2.05, 4.69) is 10.1 Å². The molecule has 0 aromatic heterocycles. The summed E-state index contributed by atoms with van der Waals surface area (Å²) in [5.74, 6) is -0.151. The molecule has 2 rings (SSSR count). The number of nitrogens with one attached hydrogen (secondary N) is 1. The molecule has 1 amide bonds. The number of hydrogen-bond donors (Lipinski definition) is 1. The van der Waals surface area contributed by atoms with Crippen LogP contribution in [0.15, 0.2) is 24.3 Å². The van der Waals surface area contributed by atoms with Gasteiger partial charge in [-0.2, -0.15) is 0 Å². The minimum absolute atomic E-state index is 0.0327. The van der Waals surface area contributed by atoms with Crippen molar-refractivity contribution in [3.05, 3.63) is 29.8 Å². The smallest absolute Gasteiger partial charge is 0.406 e. The Morgan fingerprint density at radius 3 is 2.33 bits per heavy atom. The fourth-order valence-corrected chi connectivity index (χ4v) is 2.51. The van der Waals surface area contributed by atoms with Crippen LogP contribution in [0.1, 0.15) is 37.7 Å². The van der Waals surface area contributed by atoms with Gasteiger partial charge in [-0.05, 0) is 30.5 Å². The van der Waals surface area contributed by atoms with Crippen LogP contribution < -0.4 is 10.1 Å². The van der Waals surface area contributed by atoms with Gasteiger partial charge in [-0.1, -0.05) is 31.4 Å². The number of amides is 1. The molecule has 0 radical (unpaired) electrons. The Balaban J connectivity index is 1.81. The van der Waals surface area contributed by atoms with Crippen LogP contribution in [0.4, 0.5) is 13.2 Å². The van der Waals surface area contributed by atoms with Gasteiger partial charge in [0.2, 0.25) is 5.91 Å². The summed E-state index contributed by atoms with van der Waals surface area (Å²) in [5, 5.41) is 2.83. The molecule has 0 bridgehead atoms. The van der Waals surface area contributed by atoms with Crippen molar-refractivity contribution in [3.8, 4) is 5.75 Å². The lowest BCUT2D eigenvalue weighted by molar-refractivity contribution is -0.274. The van der Waals surface area contributed by atoms with E-state index in [1.165, 1.54) is 30.7 Å². The van der Waals surface area contributed by atoms with E-state index in [4.69, 9.17) is 0 Å². The van der Waals surface area contributed by atoms with Gasteiger partial charge in [0.1, 0.15) is 5.75 Å². The van der Waals surface area contributed by atoms with E-state index < -0.39 is 6.36 Å². The van der Waals surface area contributed by atoms with E-state index >= 15 is 0 Å². The molecule has 0 unspecified atom stereocenters. The van der Waals surface area contributed by atoms with Crippen LogP contribution >= 0.6 is 0 Å². The predicted molar refractivity (Wildman–Crippen MR) is 71.5 cm³/mol. The third kappa shape index (κ3) is 5.28. The highest BCUT2D eigenvalue weighted by Crippen LogP contribution is 2.24. The Kier molecular flexibility index (Phi) is 5.09. The first-order valence-electron chi connectivity index (χ1n) is 7.06. The highest BCUT2D eigenvalue weighted by atomic mass is 19.4. The molecule has 116 valence electrons. The first-order valence-corrected chi connectivity index (χ1v) is 7.06. The molecular weight excluding hydrogens is 283 g/mol. The topological polar surface area (TPSA) is 38.3 Å². The normalized spacial score (nSPS) is 16.5. The molecule has 0 atom stereocenters. The number of benzene rings is 1. The molecule has 3 nitrogen and oxygen atoms in total. The van der Waals surface area contributed by atoms with Crippen molar-refractivity contribution in [2.24, 2.45) is 5.92 Å². The van der Waals surface area contributed by atoms with Crippen molar-refractivity contribution in [1.29, 1.82) is 0 Å². The van der Waals surface area contributed by atoms with Gasteiger partial charge < -0.3 is 10.1 Å². The number of alkyl halides is 3. The predicted octanol–water partition coefficient (Wildman–Crippen LogP) is 3.78. The molecule has 21 heavy (non-hydrogen) atoms. The lowest BCUT2D eigenvalue weighted by atomic mass is 9.88. The summed E-state index contributed by atoms with van der Waals surface area (Å²) in [6.07, 6.45) is 0.513. The SMILES string of the molecule is O=C(NCc1ccc(OC(F)(F)F)cc1)C1CCCCC1. The molecule has 1 N–H and O–H groups in total. The van der Waals surface area contributed by atoms with Gasteiger partial charge in [-0.3, -0.25) is 4.79 Å². The highest BCUT2D eigenvalue weighted by molar-refractivity contribution is 5.78. The zero-order valence-corrected chi connectivity index (χ0v) is 11.6. The largest absolute Gasteiger partial charge is 0.573 e. The third-order valence-corrected chi connectivity index (χ3v) is 3.60. The van der Waals surface area contributed by atoms with Gasteiger partial charge in [-0.25, -0.2) is 0 Å². The number of carbonyl (C=O) groups excluding carboxylic acids is 1. The monoisotopic (exact) mass is 301 g/mol. The Bertz CT molecular complexity index is 465. The molecule has 1 saturated carbocycles. The van der Waals surface area contributed by atoms with Crippen LogP contribution in [0.25, 0.3) is 0 Å². The minimum atomic E-state index is -4.68. The van der Waals surface area contributed by atoms with E-state index in [1.54, 1.807) is 0 Å². The van der Waals surface area contributed by atoms with Gasteiger partial charge in [0.05, 0.1) is 0 Å². The van der Waals surface area contributed by atoms with Crippen LogP contribution in [0.5, 0.6) is 5.75 Å². The second-order valence-electron chi connectivity index (χ2n) is 5.24. The zero-order valence-electron chi connectivity index (χ0n) is 11.6. The first kappa shape index (κ1) is 15.7. The number of carbonyl (C=O) groups is 1. The molecular formula is C15H18F3NO2. The van der Waals surface area contributed by atoms with Gasteiger partial charge >= 0.3 is 6.36 Å². The fraction of sp³-hybridized carbons (Fsp3) is 0.533. The Labute approximate surface area is 121 Å². The maximum absolute atomic E-state index is 12.0. The first-order chi connectivity index (χ1) is 9.94. The van der Waals surface area contributed by atoms with E-state index in [0.717, 1.165) is 31.2 Å². The molecule has 1 aromatic carbocycles. The van der Waals surface area contributed by atoms with Crippen LogP contribution in [-0.2, 0) is 11.3 Å². The maximum Gasteiger partial charge on any atom is 0.573 e. The van der Waals surface area contributed by atoms with Gasteiger partial charge in [-0.15, -0.1) is 13.2 Å².